The monoisotopic (exact) mass is 532 g/mol. The molecule has 204 valence electrons. The molecule has 1 spiro atoms. The van der Waals surface area contributed by atoms with Crippen LogP contribution in [0.4, 0.5) is 29.5 Å². The topological polar surface area (TPSA) is 115 Å². The summed E-state index contributed by atoms with van der Waals surface area (Å²) in [5.41, 5.74) is -1.09. The lowest BCUT2D eigenvalue weighted by Gasteiger charge is -2.44. The number of likely N-dealkylation sites (tertiary alicyclic amines) is 1. The van der Waals surface area contributed by atoms with Crippen LogP contribution in [0.2, 0.25) is 0 Å². The molecular formula is C25H31F3N8O2. The van der Waals surface area contributed by atoms with Gasteiger partial charge in [0.05, 0.1) is 47.2 Å². The minimum absolute atomic E-state index is 0.00495. The summed E-state index contributed by atoms with van der Waals surface area (Å²) in [6, 6.07) is 1.14. The number of nitrogens with one attached hydrogen (secondary N) is 2. The predicted molar refractivity (Wildman–Crippen MR) is 135 cm³/mol. The number of fused-ring (bicyclic) bond motifs is 1. The number of hydrogen-bond donors (Lipinski definition) is 3. The highest BCUT2D eigenvalue weighted by molar-refractivity contribution is 5.96. The third-order valence-corrected chi connectivity index (χ3v) is 7.63. The molecule has 3 aromatic heterocycles. The van der Waals surface area contributed by atoms with Crippen LogP contribution in [0.25, 0.3) is 22.3 Å². The van der Waals surface area contributed by atoms with Crippen molar-refractivity contribution in [1.29, 1.82) is 0 Å². The molecule has 0 radical (unpaired) electrons. The fourth-order valence-electron chi connectivity index (χ4n) is 5.56. The summed E-state index contributed by atoms with van der Waals surface area (Å²) in [7, 11) is 0. The smallest absolute Gasteiger partial charge is 0.322 e. The number of piperidine rings is 1. The number of aromatic nitrogens is 5. The van der Waals surface area contributed by atoms with Crippen molar-refractivity contribution in [1.82, 2.24) is 29.9 Å². The highest BCUT2D eigenvalue weighted by Crippen LogP contribution is 2.51. The van der Waals surface area contributed by atoms with Crippen LogP contribution >= 0.6 is 0 Å². The Morgan fingerprint density at radius 3 is 2.55 bits per heavy atom. The van der Waals surface area contributed by atoms with Gasteiger partial charge in [-0.1, -0.05) is 0 Å². The Balaban J connectivity index is 1.31. The van der Waals surface area contributed by atoms with Crippen LogP contribution in [0, 0.1) is 0 Å². The molecule has 2 amide bonds. The molecule has 1 saturated carbocycles. The van der Waals surface area contributed by atoms with Crippen molar-refractivity contribution in [2.45, 2.75) is 75.7 Å². The Hall–Kier alpha value is -3.35. The average molecular weight is 533 g/mol. The van der Waals surface area contributed by atoms with Crippen molar-refractivity contribution in [3.63, 3.8) is 0 Å². The minimum Gasteiger partial charge on any atom is -0.386 e. The number of anilines is 2. The second-order valence-corrected chi connectivity index (χ2v) is 11.9. The van der Waals surface area contributed by atoms with E-state index in [4.69, 9.17) is 0 Å². The Kier molecular flexibility index (Phi) is 5.30. The summed E-state index contributed by atoms with van der Waals surface area (Å²) in [4.78, 5) is 20.8. The summed E-state index contributed by atoms with van der Waals surface area (Å²) in [6.07, 6.45) is 4.55. The number of urea groups is 1. The number of alkyl halides is 3. The molecule has 6 rings (SSSR count). The summed E-state index contributed by atoms with van der Waals surface area (Å²) in [5, 5.41) is 25.2. The summed E-state index contributed by atoms with van der Waals surface area (Å²) in [5.74, 6) is -2.31. The zero-order valence-corrected chi connectivity index (χ0v) is 21.6. The first-order valence-electron chi connectivity index (χ1n) is 12.8. The maximum atomic E-state index is 14.7. The lowest BCUT2D eigenvalue weighted by atomic mass is 9.97. The maximum absolute atomic E-state index is 14.7. The minimum atomic E-state index is -2.92. The van der Waals surface area contributed by atoms with Gasteiger partial charge in [0.2, 0.25) is 0 Å². The van der Waals surface area contributed by atoms with E-state index in [9.17, 15) is 23.1 Å². The van der Waals surface area contributed by atoms with Gasteiger partial charge < -0.3 is 20.2 Å². The number of pyridine rings is 1. The molecule has 10 nitrogen and oxygen atoms in total. The largest absolute Gasteiger partial charge is 0.386 e. The van der Waals surface area contributed by atoms with Crippen molar-refractivity contribution in [3.8, 4) is 11.4 Å². The van der Waals surface area contributed by atoms with Crippen LogP contribution in [0.15, 0.2) is 18.5 Å². The summed E-state index contributed by atoms with van der Waals surface area (Å²) < 4.78 is 44.5. The van der Waals surface area contributed by atoms with Crippen molar-refractivity contribution < 1.29 is 23.1 Å². The van der Waals surface area contributed by atoms with Gasteiger partial charge in [0.15, 0.2) is 5.82 Å². The highest BCUT2D eigenvalue weighted by atomic mass is 19.3. The molecular weight excluding hydrogens is 501 g/mol. The molecule has 0 unspecified atom stereocenters. The molecule has 3 aromatic rings. The Labute approximate surface area is 217 Å². The van der Waals surface area contributed by atoms with E-state index in [0.29, 0.717) is 46.9 Å². The van der Waals surface area contributed by atoms with Crippen LogP contribution < -0.4 is 10.2 Å². The van der Waals surface area contributed by atoms with Crippen LogP contribution in [-0.2, 0) is 6.54 Å². The zero-order chi connectivity index (χ0) is 27.1. The van der Waals surface area contributed by atoms with Gasteiger partial charge >= 0.3 is 6.03 Å². The standard InChI is InChI=1S/C25H31F3N8O2/c1-22(2,26)11-36-18-8-16(29-9-15(18)20(33-36)34-12-23(3,38)13-34)19-17(10-30-32-19)31-21(37)35-14-25(27,28)7-6-24(35)4-5-24/h8-10,38H,4-7,11-14H2,1-3H3,(H,30,32)(H,31,37). The number of hydrogen-bond acceptors (Lipinski definition) is 6. The van der Waals surface area contributed by atoms with E-state index in [-0.39, 0.29) is 19.4 Å². The van der Waals surface area contributed by atoms with Crippen molar-refractivity contribution >= 4 is 28.4 Å². The molecule has 0 bridgehead atoms. The van der Waals surface area contributed by atoms with Crippen LogP contribution in [0.1, 0.15) is 46.5 Å². The predicted octanol–water partition coefficient (Wildman–Crippen LogP) is 3.94. The van der Waals surface area contributed by atoms with E-state index >= 15 is 0 Å². The van der Waals surface area contributed by atoms with Gasteiger partial charge in [-0.3, -0.25) is 14.8 Å². The van der Waals surface area contributed by atoms with Gasteiger partial charge in [-0.25, -0.2) is 18.0 Å². The first-order chi connectivity index (χ1) is 17.7. The molecule has 38 heavy (non-hydrogen) atoms. The van der Waals surface area contributed by atoms with Gasteiger partial charge in [-0.2, -0.15) is 10.2 Å². The molecule has 2 aliphatic heterocycles. The van der Waals surface area contributed by atoms with Gasteiger partial charge in [0.25, 0.3) is 5.92 Å². The van der Waals surface area contributed by atoms with E-state index in [1.165, 1.54) is 24.9 Å². The Morgan fingerprint density at radius 1 is 1.18 bits per heavy atom. The number of carbonyl (C=O) groups excluding carboxylic acids is 1. The van der Waals surface area contributed by atoms with E-state index in [1.807, 2.05) is 4.90 Å². The Bertz CT molecular complexity index is 1400. The fourth-order valence-corrected chi connectivity index (χ4v) is 5.56. The first kappa shape index (κ1) is 25.0. The normalized spacial score (nSPS) is 21.6. The lowest BCUT2D eigenvalue weighted by molar-refractivity contribution is -0.0721. The SMILES string of the molecule is CC(C)(F)Cn1nc(N2CC(C)(O)C2)c2cnc(-c3[nH]ncc3NC(=O)N3CC(F)(F)CCC34CC4)cc21. The van der Waals surface area contributed by atoms with Gasteiger partial charge in [0, 0.05) is 31.2 Å². The Morgan fingerprint density at radius 2 is 1.89 bits per heavy atom. The zero-order valence-electron chi connectivity index (χ0n) is 21.6. The third-order valence-electron chi connectivity index (χ3n) is 7.63. The number of nitrogens with zero attached hydrogens (tertiary/aromatic N) is 6. The number of aromatic amines is 1. The first-order valence-corrected chi connectivity index (χ1v) is 12.8. The molecule has 13 heteroatoms. The molecule has 3 aliphatic rings. The number of halogens is 3. The van der Waals surface area contributed by atoms with E-state index in [2.05, 4.69) is 25.6 Å². The second kappa shape index (κ2) is 8.08. The van der Waals surface area contributed by atoms with Gasteiger partial charge in [-0.05, 0) is 46.1 Å². The van der Waals surface area contributed by atoms with Crippen LogP contribution in [0.5, 0.6) is 0 Å². The molecule has 1 aliphatic carbocycles. The number of H-pyrrole nitrogens is 1. The lowest BCUT2D eigenvalue weighted by Crippen LogP contribution is -2.60. The highest BCUT2D eigenvalue weighted by Gasteiger charge is 2.57. The summed E-state index contributed by atoms with van der Waals surface area (Å²) >= 11 is 0. The number of rotatable bonds is 5. The number of β-amino-alcohol motifs (C(OH)–C–C–N with tert-alkyl or cyclic N) is 1. The average Bonchev–Trinajstić information content (AvgIpc) is 3.29. The third kappa shape index (κ3) is 4.46. The fraction of sp³-hybridized carbons (Fsp3) is 0.600. The molecule has 5 heterocycles. The molecule has 0 atom stereocenters. The van der Waals surface area contributed by atoms with Gasteiger partial charge in [0.1, 0.15) is 11.4 Å². The molecule has 3 N–H and O–H groups in total. The quantitative estimate of drug-likeness (QED) is 0.459. The van der Waals surface area contributed by atoms with E-state index in [0.717, 1.165) is 12.8 Å². The van der Waals surface area contributed by atoms with Crippen molar-refractivity contribution in [3.05, 3.63) is 18.5 Å². The number of amides is 2. The number of carbonyl (C=O) groups is 1. The van der Waals surface area contributed by atoms with Gasteiger partial charge in [-0.15, -0.1) is 0 Å². The summed E-state index contributed by atoms with van der Waals surface area (Å²) in [6.45, 7) is 4.86. The van der Waals surface area contributed by atoms with Crippen LogP contribution in [-0.4, -0.2) is 83.4 Å². The van der Waals surface area contributed by atoms with E-state index in [1.54, 1.807) is 23.9 Å². The maximum Gasteiger partial charge on any atom is 0.322 e. The van der Waals surface area contributed by atoms with E-state index < -0.39 is 35.3 Å². The second-order valence-electron chi connectivity index (χ2n) is 11.9. The van der Waals surface area contributed by atoms with Crippen molar-refractivity contribution in [2.75, 3.05) is 29.9 Å². The van der Waals surface area contributed by atoms with Crippen LogP contribution in [0.3, 0.4) is 0 Å². The van der Waals surface area contributed by atoms with Crippen molar-refractivity contribution in [2.24, 2.45) is 0 Å². The molecule has 3 fully saturated rings. The molecule has 2 saturated heterocycles. The molecule has 0 aromatic carbocycles. The number of aliphatic hydroxyl groups is 1.